The molecule has 1 aliphatic carbocycles. The molecule has 31 heavy (non-hydrogen) atoms. The second-order valence-electron chi connectivity index (χ2n) is 10.2. The Hall–Kier alpha value is -2.05. The zero-order chi connectivity index (χ0) is 22.5. The smallest absolute Gasteiger partial charge is 0.261 e. The first kappa shape index (κ1) is 22.2. The fraction of sp³-hybridized carbons (Fsp3) is 0.423. The minimum Gasteiger partial charge on any atom is -0.404 e. The first-order valence-electron chi connectivity index (χ1n) is 10.8. The Balaban J connectivity index is 1.83. The molecule has 2 aliphatic rings. The van der Waals surface area contributed by atoms with Gasteiger partial charge in [-0.3, -0.25) is 4.79 Å². The van der Waals surface area contributed by atoms with Crippen molar-refractivity contribution in [3.8, 4) is 0 Å². The lowest BCUT2D eigenvalue weighted by Crippen LogP contribution is -2.68. The zero-order valence-electron chi connectivity index (χ0n) is 19.3. The molecule has 0 N–H and O–H groups in total. The summed E-state index contributed by atoms with van der Waals surface area (Å²) in [5.74, 6) is -0.951. The zero-order valence-corrected chi connectivity index (χ0v) is 20.3. The fourth-order valence-corrected chi connectivity index (χ4v) is 9.73. The summed E-state index contributed by atoms with van der Waals surface area (Å²) in [4.78, 5) is 12.8. The third-order valence-corrected chi connectivity index (χ3v) is 11.6. The molecule has 164 valence electrons. The molecule has 1 fully saturated rings. The molecule has 0 amide bonds. The normalized spacial score (nSPS) is 27.5. The molecular weight excluding hydrogens is 404 g/mol. The molecule has 2 atom stereocenters. The third-order valence-electron chi connectivity index (χ3n) is 6.58. The number of ether oxygens (including phenoxy) is 2. The predicted molar refractivity (Wildman–Crippen MR) is 125 cm³/mol. The largest absolute Gasteiger partial charge is 0.404 e. The van der Waals surface area contributed by atoms with E-state index in [1.807, 2.05) is 39.0 Å². The van der Waals surface area contributed by atoms with Gasteiger partial charge in [-0.15, -0.1) is 0 Å². The van der Waals surface area contributed by atoms with Gasteiger partial charge in [-0.1, -0.05) is 81.4 Å². The molecule has 2 aromatic rings. The highest BCUT2D eigenvalue weighted by Gasteiger charge is 2.67. The highest BCUT2D eigenvalue weighted by molar-refractivity contribution is 6.99. The van der Waals surface area contributed by atoms with Gasteiger partial charge in [-0.05, 0) is 48.3 Å². The summed E-state index contributed by atoms with van der Waals surface area (Å²) in [6, 6.07) is 21.0. The van der Waals surface area contributed by atoms with Crippen molar-refractivity contribution in [1.82, 2.24) is 0 Å². The molecule has 0 aromatic heterocycles. The lowest BCUT2D eigenvalue weighted by Gasteiger charge is -2.45. The van der Waals surface area contributed by atoms with Crippen LogP contribution in [0.5, 0.6) is 0 Å². The Morgan fingerprint density at radius 3 is 1.87 bits per heavy atom. The van der Waals surface area contributed by atoms with Crippen LogP contribution in [0.15, 0.2) is 72.8 Å². The summed E-state index contributed by atoms with van der Waals surface area (Å²) in [6.07, 6.45) is 3.41. The van der Waals surface area contributed by atoms with Gasteiger partial charge in [0.1, 0.15) is 5.60 Å². The molecule has 1 saturated heterocycles. The van der Waals surface area contributed by atoms with Crippen LogP contribution in [0, 0.1) is 0 Å². The van der Waals surface area contributed by atoms with Crippen LogP contribution < -0.4 is 10.4 Å². The molecule has 1 aliphatic heterocycles. The van der Waals surface area contributed by atoms with Crippen molar-refractivity contribution in [1.29, 1.82) is 0 Å². The van der Waals surface area contributed by atoms with Gasteiger partial charge in [0.05, 0.1) is 6.61 Å². The molecule has 0 radical (unpaired) electrons. The quantitative estimate of drug-likeness (QED) is 0.665. The fourth-order valence-electron chi connectivity index (χ4n) is 5.15. The van der Waals surface area contributed by atoms with E-state index in [1.54, 1.807) is 6.08 Å². The SMILES string of the molecule is CC1(C)O[C@@]2(CO[Si](c3ccccc3)(c3ccccc3)C(C)(C)C)C=CC(=O)[C@]2(C)O1. The Bertz CT molecular complexity index is 954. The van der Waals surface area contributed by atoms with Crippen LogP contribution in [0.1, 0.15) is 41.5 Å². The summed E-state index contributed by atoms with van der Waals surface area (Å²) >= 11 is 0. The van der Waals surface area contributed by atoms with Gasteiger partial charge in [0.15, 0.2) is 17.2 Å². The first-order chi connectivity index (χ1) is 14.5. The molecule has 4 rings (SSSR count). The van der Waals surface area contributed by atoms with Crippen LogP contribution in [0.2, 0.25) is 5.04 Å². The van der Waals surface area contributed by atoms with Gasteiger partial charge in [0, 0.05) is 0 Å². The van der Waals surface area contributed by atoms with Crippen molar-refractivity contribution in [2.75, 3.05) is 6.61 Å². The summed E-state index contributed by atoms with van der Waals surface area (Å²) in [5, 5.41) is 2.22. The first-order valence-corrected chi connectivity index (χ1v) is 12.8. The number of carbonyl (C=O) groups is 1. The average Bonchev–Trinajstić information content (AvgIpc) is 3.06. The predicted octanol–water partition coefficient (Wildman–Crippen LogP) is 3.98. The molecule has 0 saturated carbocycles. The van der Waals surface area contributed by atoms with Crippen molar-refractivity contribution in [3.63, 3.8) is 0 Å². The summed E-state index contributed by atoms with van der Waals surface area (Å²) < 4.78 is 19.6. The van der Waals surface area contributed by atoms with Crippen molar-refractivity contribution >= 4 is 24.5 Å². The van der Waals surface area contributed by atoms with E-state index in [0.717, 1.165) is 0 Å². The topological polar surface area (TPSA) is 44.8 Å². The average molecular weight is 437 g/mol. The van der Waals surface area contributed by atoms with E-state index in [1.165, 1.54) is 10.4 Å². The van der Waals surface area contributed by atoms with Crippen LogP contribution in [-0.2, 0) is 18.7 Å². The molecular formula is C26H32O4Si. The molecule has 0 spiro atoms. The minimum absolute atomic E-state index is 0.0795. The Labute approximate surface area is 186 Å². The van der Waals surface area contributed by atoms with Crippen LogP contribution in [0.25, 0.3) is 0 Å². The van der Waals surface area contributed by atoms with E-state index in [4.69, 9.17) is 13.9 Å². The summed E-state index contributed by atoms with van der Waals surface area (Å²) in [6.45, 7) is 12.5. The lowest BCUT2D eigenvalue weighted by atomic mass is 9.88. The molecule has 4 nitrogen and oxygen atoms in total. The van der Waals surface area contributed by atoms with E-state index >= 15 is 0 Å². The Morgan fingerprint density at radius 2 is 1.39 bits per heavy atom. The van der Waals surface area contributed by atoms with Crippen molar-refractivity contribution < 1.29 is 18.7 Å². The monoisotopic (exact) mass is 436 g/mol. The number of fused-ring (bicyclic) bond motifs is 1. The second-order valence-corrected chi connectivity index (χ2v) is 14.5. The Morgan fingerprint density at radius 1 is 0.871 bits per heavy atom. The van der Waals surface area contributed by atoms with Gasteiger partial charge in [0.25, 0.3) is 8.32 Å². The maximum absolute atomic E-state index is 12.8. The second kappa shape index (κ2) is 7.24. The standard InChI is InChI=1S/C26H32O4Si/c1-23(2,3)31(20-13-9-7-10-14-20,21-15-11-8-12-16-21)28-19-26-18-17-22(27)25(26,6)29-24(4,5)30-26/h7-18H,19H2,1-6H3/t25-,26+/m0/s1. The number of hydrogen-bond donors (Lipinski definition) is 0. The van der Waals surface area contributed by atoms with Crippen molar-refractivity contribution in [2.24, 2.45) is 0 Å². The summed E-state index contributed by atoms with van der Waals surface area (Å²) in [7, 11) is -2.76. The molecule has 1 heterocycles. The molecule has 0 unspecified atom stereocenters. The van der Waals surface area contributed by atoms with Crippen LogP contribution in [0.3, 0.4) is 0 Å². The molecule has 0 bridgehead atoms. The molecule has 5 heteroatoms. The van der Waals surface area contributed by atoms with Crippen LogP contribution >= 0.6 is 0 Å². The van der Waals surface area contributed by atoms with Gasteiger partial charge in [-0.2, -0.15) is 0 Å². The number of rotatable bonds is 5. The minimum atomic E-state index is -2.76. The van der Waals surface area contributed by atoms with E-state index in [2.05, 4.69) is 69.3 Å². The number of benzene rings is 2. The highest BCUT2D eigenvalue weighted by atomic mass is 28.4. The number of carbonyl (C=O) groups excluding carboxylic acids is 1. The van der Waals surface area contributed by atoms with Gasteiger partial charge < -0.3 is 13.9 Å². The van der Waals surface area contributed by atoms with E-state index in [-0.39, 0.29) is 17.4 Å². The highest BCUT2D eigenvalue weighted by Crippen LogP contribution is 2.50. The van der Waals surface area contributed by atoms with Gasteiger partial charge in [-0.25, -0.2) is 0 Å². The third kappa shape index (κ3) is 3.35. The van der Waals surface area contributed by atoms with E-state index < -0.39 is 25.3 Å². The lowest BCUT2D eigenvalue weighted by molar-refractivity contribution is -0.171. The van der Waals surface area contributed by atoms with E-state index in [0.29, 0.717) is 0 Å². The summed E-state index contributed by atoms with van der Waals surface area (Å²) in [5.41, 5.74) is -2.05. The maximum atomic E-state index is 12.8. The molecule has 2 aromatic carbocycles. The van der Waals surface area contributed by atoms with E-state index in [9.17, 15) is 4.79 Å². The van der Waals surface area contributed by atoms with Crippen LogP contribution in [-0.4, -0.2) is 37.7 Å². The maximum Gasteiger partial charge on any atom is 0.261 e. The Kier molecular flexibility index (Phi) is 5.17. The van der Waals surface area contributed by atoms with Crippen molar-refractivity contribution in [3.05, 3.63) is 72.8 Å². The van der Waals surface area contributed by atoms with Gasteiger partial charge in [0.2, 0.25) is 0 Å². The van der Waals surface area contributed by atoms with Gasteiger partial charge >= 0.3 is 0 Å². The van der Waals surface area contributed by atoms with Crippen LogP contribution in [0.4, 0.5) is 0 Å². The van der Waals surface area contributed by atoms with Crippen molar-refractivity contribution in [2.45, 2.75) is 63.6 Å². The number of ketones is 1. The number of hydrogen-bond acceptors (Lipinski definition) is 4.